The molecule has 2 aliphatic rings. The van der Waals surface area contributed by atoms with Gasteiger partial charge in [-0.25, -0.2) is 4.98 Å². The second kappa shape index (κ2) is 5.34. The highest BCUT2D eigenvalue weighted by atomic mass is 16.3. The number of fused-ring (bicyclic) bond motifs is 1. The minimum atomic E-state index is -0.508. The maximum Gasteiger partial charge on any atom is 0.134 e. The zero-order valence-corrected chi connectivity index (χ0v) is 12.1. The normalized spacial score (nSPS) is 31.8. The number of nitrogens with zero attached hydrogens (tertiary/aromatic N) is 2. The van der Waals surface area contributed by atoms with Crippen molar-refractivity contribution in [1.29, 1.82) is 0 Å². The molecule has 1 saturated heterocycles. The molecule has 1 aliphatic heterocycles. The van der Waals surface area contributed by atoms with E-state index in [0.717, 1.165) is 50.2 Å². The highest BCUT2D eigenvalue weighted by Crippen LogP contribution is 2.41. The zero-order chi connectivity index (χ0) is 14.2. The van der Waals surface area contributed by atoms with Crippen LogP contribution in [0.3, 0.4) is 0 Å². The molecule has 0 aromatic carbocycles. The van der Waals surface area contributed by atoms with Gasteiger partial charge >= 0.3 is 0 Å². The molecule has 1 aromatic heterocycles. The van der Waals surface area contributed by atoms with Gasteiger partial charge in [-0.1, -0.05) is 18.9 Å². The SMILES string of the molecule is C[C@H](O)c1cccnc1N1CCC2(O)CCCCC2C1. The van der Waals surface area contributed by atoms with Gasteiger partial charge in [0.05, 0.1) is 11.7 Å². The second-order valence-electron chi connectivity index (χ2n) is 6.33. The highest BCUT2D eigenvalue weighted by molar-refractivity contribution is 5.48. The van der Waals surface area contributed by atoms with Gasteiger partial charge in [0.15, 0.2) is 0 Å². The van der Waals surface area contributed by atoms with E-state index in [1.54, 1.807) is 13.1 Å². The van der Waals surface area contributed by atoms with E-state index in [9.17, 15) is 10.2 Å². The first-order valence-corrected chi connectivity index (χ1v) is 7.70. The lowest BCUT2D eigenvalue weighted by Gasteiger charge is -2.48. The van der Waals surface area contributed by atoms with Crippen LogP contribution in [0.15, 0.2) is 18.3 Å². The van der Waals surface area contributed by atoms with E-state index in [0.29, 0.717) is 5.92 Å². The number of aliphatic hydroxyl groups is 2. The van der Waals surface area contributed by atoms with Crippen molar-refractivity contribution in [1.82, 2.24) is 4.98 Å². The second-order valence-corrected chi connectivity index (χ2v) is 6.33. The number of pyridine rings is 1. The number of rotatable bonds is 2. The van der Waals surface area contributed by atoms with E-state index < -0.39 is 11.7 Å². The summed E-state index contributed by atoms with van der Waals surface area (Å²) in [6.45, 7) is 3.46. The maximum absolute atomic E-state index is 10.7. The third kappa shape index (κ3) is 2.42. The quantitative estimate of drug-likeness (QED) is 0.870. The molecule has 20 heavy (non-hydrogen) atoms. The predicted octanol–water partition coefficient (Wildman–Crippen LogP) is 2.27. The smallest absolute Gasteiger partial charge is 0.134 e. The number of anilines is 1. The summed E-state index contributed by atoms with van der Waals surface area (Å²) in [7, 11) is 0. The molecule has 2 heterocycles. The van der Waals surface area contributed by atoms with Gasteiger partial charge in [0.2, 0.25) is 0 Å². The molecule has 2 N–H and O–H groups in total. The fourth-order valence-corrected chi connectivity index (χ4v) is 3.76. The number of hydrogen-bond acceptors (Lipinski definition) is 4. The van der Waals surface area contributed by atoms with Crippen LogP contribution < -0.4 is 4.90 Å². The fraction of sp³-hybridized carbons (Fsp3) is 0.688. The van der Waals surface area contributed by atoms with E-state index in [4.69, 9.17) is 0 Å². The Morgan fingerprint density at radius 2 is 2.25 bits per heavy atom. The van der Waals surface area contributed by atoms with Gasteiger partial charge in [-0.3, -0.25) is 0 Å². The largest absolute Gasteiger partial charge is 0.389 e. The van der Waals surface area contributed by atoms with Crippen molar-refractivity contribution in [3.05, 3.63) is 23.9 Å². The van der Waals surface area contributed by atoms with Gasteiger partial charge in [-0.05, 0) is 32.3 Å². The molecule has 1 aliphatic carbocycles. The molecule has 2 fully saturated rings. The Morgan fingerprint density at radius 3 is 3.05 bits per heavy atom. The standard InChI is InChI=1S/C16H24N2O2/c1-12(19)14-6-4-9-17-15(14)18-10-8-16(20)7-3-2-5-13(16)11-18/h4,6,9,12-13,19-20H,2-3,5,7-8,10-11H2,1H3/t12-,13?,16?/m0/s1. The summed E-state index contributed by atoms with van der Waals surface area (Å²) in [5.74, 6) is 1.23. The van der Waals surface area contributed by atoms with Gasteiger partial charge in [-0.2, -0.15) is 0 Å². The fourth-order valence-electron chi connectivity index (χ4n) is 3.76. The third-order valence-electron chi connectivity index (χ3n) is 4.99. The van der Waals surface area contributed by atoms with Crippen molar-refractivity contribution in [2.24, 2.45) is 5.92 Å². The third-order valence-corrected chi connectivity index (χ3v) is 4.99. The van der Waals surface area contributed by atoms with Crippen LogP contribution in [0.2, 0.25) is 0 Å². The van der Waals surface area contributed by atoms with Crippen molar-refractivity contribution >= 4 is 5.82 Å². The summed E-state index contributed by atoms with van der Waals surface area (Å²) in [6, 6.07) is 3.81. The topological polar surface area (TPSA) is 56.6 Å². The number of aliphatic hydroxyl groups excluding tert-OH is 1. The molecule has 0 bridgehead atoms. The molecule has 0 spiro atoms. The van der Waals surface area contributed by atoms with Crippen LogP contribution in [0.4, 0.5) is 5.82 Å². The van der Waals surface area contributed by atoms with E-state index in [1.807, 2.05) is 12.1 Å². The summed E-state index contributed by atoms with van der Waals surface area (Å²) >= 11 is 0. The lowest BCUT2D eigenvalue weighted by molar-refractivity contribution is -0.0614. The lowest BCUT2D eigenvalue weighted by atomic mass is 9.71. The van der Waals surface area contributed by atoms with E-state index in [-0.39, 0.29) is 0 Å². The van der Waals surface area contributed by atoms with Crippen LogP contribution in [0.1, 0.15) is 50.7 Å². The van der Waals surface area contributed by atoms with Crippen LogP contribution in [0.5, 0.6) is 0 Å². The Kier molecular flexibility index (Phi) is 3.69. The van der Waals surface area contributed by atoms with Crippen LogP contribution in [-0.2, 0) is 0 Å². The van der Waals surface area contributed by atoms with Crippen molar-refractivity contribution in [2.45, 2.75) is 50.7 Å². The van der Waals surface area contributed by atoms with Crippen molar-refractivity contribution in [3.8, 4) is 0 Å². The molecule has 1 saturated carbocycles. The van der Waals surface area contributed by atoms with E-state index in [2.05, 4.69) is 9.88 Å². The monoisotopic (exact) mass is 276 g/mol. The Balaban J connectivity index is 1.83. The van der Waals surface area contributed by atoms with Crippen molar-refractivity contribution < 1.29 is 10.2 Å². The summed E-state index contributed by atoms with van der Waals surface area (Å²) in [5, 5.41) is 20.6. The van der Waals surface area contributed by atoms with Gasteiger partial charge in [0.25, 0.3) is 0 Å². The Labute approximate surface area is 120 Å². The van der Waals surface area contributed by atoms with Crippen LogP contribution in [0, 0.1) is 5.92 Å². The predicted molar refractivity (Wildman–Crippen MR) is 78.6 cm³/mol. The number of aromatic nitrogens is 1. The van der Waals surface area contributed by atoms with Crippen LogP contribution >= 0.6 is 0 Å². The minimum absolute atomic E-state index is 0.342. The summed E-state index contributed by atoms with van der Waals surface area (Å²) in [6.07, 6.45) is 6.49. The first-order chi connectivity index (χ1) is 9.60. The molecule has 4 nitrogen and oxygen atoms in total. The average Bonchev–Trinajstić information content (AvgIpc) is 2.46. The van der Waals surface area contributed by atoms with Crippen LogP contribution in [0.25, 0.3) is 0 Å². The lowest BCUT2D eigenvalue weighted by Crippen LogP contribution is -2.53. The molecule has 0 radical (unpaired) electrons. The number of piperidine rings is 1. The molecular formula is C16H24N2O2. The summed E-state index contributed by atoms with van der Waals surface area (Å²) < 4.78 is 0. The molecule has 0 amide bonds. The van der Waals surface area contributed by atoms with Gasteiger partial charge in [-0.15, -0.1) is 0 Å². The molecule has 2 unspecified atom stereocenters. The average molecular weight is 276 g/mol. The van der Waals surface area contributed by atoms with Gasteiger partial charge in [0, 0.05) is 30.8 Å². The molecule has 1 aromatic rings. The van der Waals surface area contributed by atoms with Gasteiger partial charge < -0.3 is 15.1 Å². The van der Waals surface area contributed by atoms with E-state index >= 15 is 0 Å². The zero-order valence-electron chi connectivity index (χ0n) is 12.1. The van der Waals surface area contributed by atoms with Crippen molar-refractivity contribution in [2.75, 3.05) is 18.0 Å². The first-order valence-electron chi connectivity index (χ1n) is 7.70. The van der Waals surface area contributed by atoms with E-state index in [1.165, 1.54) is 6.42 Å². The number of hydrogen-bond donors (Lipinski definition) is 2. The van der Waals surface area contributed by atoms with Crippen molar-refractivity contribution in [3.63, 3.8) is 0 Å². The molecule has 3 atom stereocenters. The Morgan fingerprint density at radius 1 is 1.40 bits per heavy atom. The molecule has 4 heteroatoms. The van der Waals surface area contributed by atoms with Gasteiger partial charge in [0.1, 0.15) is 5.82 Å². The Bertz CT molecular complexity index is 477. The molecule has 3 rings (SSSR count). The molecular weight excluding hydrogens is 252 g/mol. The van der Waals surface area contributed by atoms with Crippen LogP contribution in [-0.4, -0.2) is 33.9 Å². The Hall–Kier alpha value is -1.13. The molecule has 110 valence electrons. The highest BCUT2D eigenvalue weighted by Gasteiger charge is 2.43. The maximum atomic E-state index is 10.7. The first kappa shape index (κ1) is 13.8. The minimum Gasteiger partial charge on any atom is -0.389 e. The summed E-state index contributed by atoms with van der Waals surface area (Å²) in [4.78, 5) is 6.71. The summed E-state index contributed by atoms with van der Waals surface area (Å²) in [5.41, 5.74) is 0.419.